The number of rotatable bonds is 10. The first-order chi connectivity index (χ1) is 28.8. The molecule has 0 unspecified atom stereocenters. The summed E-state index contributed by atoms with van der Waals surface area (Å²) in [5.41, 5.74) is 1.22. The zero-order chi connectivity index (χ0) is 44.2. The van der Waals surface area contributed by atoms with Gasteiger partial charge in [0.25, 0.3) is 0 Å². The number of fused-ring (bicyclic) bond motifs is 10. The Morgan fingerprint density at radius 3 is 1.72 bits per heavy atom. The van der Waals surface area contributed by atoms with Gasteiger partial charge < -0.3 is 24.8 Å². The van der Waals surface area contributed by atoms with Gasteiger partial charge in [0.1, 0.15) is 6.10 Å². The Bertz CT molecular complexity index is 1560. The summed E-state index contributed by atoms with van der Waals surface area (Å²) in [5.74, 6) is 6.67. The van der Waals surface area contributed by atoms with Gasteiger partial charge in [0.2, 0.25) is 0 Å². The fourth-order valence-corrected chi connectivity index (χ4v) is 18.2. The lowest BCUT2D eigenvalue weighted by molar-refractivity contribution is -0.191. The molecule has 61 heavy (non-hydrogen) atoms. The molecular formula is C53H88O8. The van der Waals surface area contributed by atoms with E-state index in [0.29, 0.717) is 94.9 Å². The van der Waals surface area contributed by atoms with Crippen LogP contribution in [-0.2, 0) is 23.9 Å². The molecule has 0 aromatic heterocycles. The normalized spacial score (nSPS) is 48.2. The van der Waals surface area contributed by atoms with Crippen molar-refractivity contribution in [3.05, 3.63) is 0 Å². The number of aliphatic hydroxyl groups is 2. The van der Waals surface area contributed by atoms with Crippen molar-refractivity contribution in [2.45, 2.75) is 209 Å². The number of esters is 2. The van der Waals surface area contributed by atoms with E-state index >= 15 is 0 Å². The van der Waals surface area contributed by atoms with Gasteiger partial charge in [-0.3, -0.25) is 14.4 Å². The molecule has 0 aliphatic heterocycles. The second kappa shape index (κ2) is 18.3. The Morgan fingerprint density at radius 2 is 1.15 bits per heavy atom. The highest BCUT2D eigenvalue weighted by molar-refractivity contribution is 5.69. The van der Waals surface area contributed by atoms with Gasteiger partial charge >= 0.3 is 17.9 Å². The van der Waals surface area contributed by atoms with E-state index in [0.717, 1.165) is 50.9 Å². The molecule has 0 spiro atoms. The first-order valence-corrected chi connectivity index (χ1v) is 25.7. The lowest BCUT2D eigenvalue weighted by Crippen LogP contribution is -2.59. The van der Waals surface area contributed by atoms with Crippen LogP contribution in [0.25, 0.3) is 0 Å². The highest BCUT2D eigenvalue weighted by Crippen LogP contribution is 2.70. The van der Waals surface area contributed by atoms with E-state index in [-0.39, 0.29) is 47.5 Å². The van der Waals surface area contributed by atoms with Gasteiger partial charge in [0, 0.05) is 25.7 Å². The van der Waals surface area contributed by atoms with E-state index in [1.54, 1.807) is 6.92 Å². The van der Waals surface area contributed by atoms with Crippen molar-refractivity contribution >= 4 is 17.9 Å². The van der Waals surface area contributed by atoms with Gasteiger partial charge in [-0.15, -0.1) is 0 Å². The summed E-state index contributed by atoms with van der Waals surface area (Å²) in [6, 6.07) is 0. The predicted octanol–water partition coefficient (Wildman–Crippen LogP) is 11.3. The number of aliphatic hydroxyl groups excluding tert-OH is 2. The molecule has 20 atom stereocenters. The minimum atomic E-state index is -0.684. The van der Waals surface area contributed by atoms with Crippen molar-refractivity contribution in [1.82, 2.24) is 0 Å². The van der Waals surface area contributed by atoms with Crippen LogP contribution in [0.2, 0.25) is 0 Å². The van der Waals surface area contributed by atoms with Gasteiger partial charge in [0.05, 0.1) is 18.8 Å². The lowest BCUT2D eigenvalue weighted by Gasteiger charge is -2.63. The van der Waals surface area contributed by atoms with E-state index in [1.165, 1.54) is 70.6 Å². The molecule has 8 saturated carbocycles. The minimum Gasteiger partial charge on any atom is -0.481 e. The van der Waals surface area contributed by atoms with Crippen molar-refractivity contribution in [2.24, 2.45) is 98.6 Å². The lowest BCUT2D eigenvalue weighted by atomic mass is 9.43. The van der Waals surface area contributed by atoms with Crippen molar-refractivity contribution in [3.8, 4) is 0 Å². The molecule has 8 fully saturated rings. The summed E-state index contributed by atoms with van der Waals surface area (Å²) in [4.78, 5) is 35.2. The van der Waals surface area contributed by atoms with E-state index in [4.69, 9.17) is 14.6 Å². The Balaban J connectivity index is 0.000000186. The van der Waals surface area contributed by atoms with Crippen LogP contribution in [-0.4, -0.2) is 58.1 Å². The third-order valence-corrected chi connectivity index (χ3v) is 21.3. The molecule has 0 heterocycles. The molecule has 8 rings (SSSR count). The Hall–Kier alpha value is -1.67. The summed E-state index contributed by atoms with van der Waals surface area (Å²) < 4.78 is 11.3. The molecule has 8 nitrogen and oxygen atoms in total. The van der Waals surface area contributed by atoms with Crippen LogP contribution < -0.4 is 0 Å². The first-order valence-electron chi connectivity index (χ1n) is 25.7. The fraction of sp³-hybridized carbons (Fsp3) is 0.943. The van der Waals surface area contributed by atoms with Crippen LogP contribution in [0.1, 0.15) is 191 Å². The molecule has 0 bridgehead atoms. The minimum absolute atomic E-state index is 0.0551. The fourth-order valence-electron chi connectivity index (χ4n) is 18.2. The van der Waals surface area contributed by atoms with Crippen molar-refractivity contribution in [3.63, 3.8) is 0 Å². The van der Waals surface area contributed by atoms with Crippen LogP contribution in [0.15, 0.2) is 0 Å². The Labute approximate surface area is 370 Å². The number of aliphatic carboxylic acids is 1. The summed E-state index contributed by atoms with van der Waals surface area (Å²) in [7, 11) is 0. The van der Waals surface area contributed by atoms with Crippen LogP contribution in [0, 0.1) is 98.6 Å². The number of carbonyl (C=O) groups is 3. The van der Waals surface area contributed by atoms with Crippen molar-refractivity contribution in [1.29, 1.82) is 0 Å². The SMILES string of the molecule is CCOC(=O)CC[C@@H](C)[C@H]1CC[C@H]2[C@@H]3[C@H](OC(C)=O)C[C@@H]4C[C@H](C)CC[C@]4(C)[C@H]3CC[C@]12C.C[C@H](CCC(=O)O)[C@H]1CC[C@H]2[C@@H]3[C@H](O)C[C@@H]4C[C@H](O)CC[C@]4(C)[C@H]3CC[C@]12C. The maximum Gasteiger partial charge on any atom is 0.305 e. The Morgan fingerprint density at radius 1 is 0.639 bits per heavy atom. The third-order valence-electron chi connectivity index (χ3n) is 21.3. The summed E-state index contributed by atoms with van der Waals surface area (Å²) in [5, 5.41) is 30.5. The standard InChI is InChI=1S/C29H48O4.C24H40O4/c1-7-32-26(31)11-8-19(3)22-9-10-23-27-24(13-15-29(22,23)6)28(5)14-12-18(2)16-21(28)17-25(27)33-20(4)30;1-14(4-7-21(27)28)17-5-6-18-22-19(9-11-24(17,18)3)23(2)10-8-16(25)12-15(23)13-20(22)26/h18-19,21-25,27H,7-17H2,1-6H3;14-20,22,25-26H,4-13H2,1-3H3,(H,27,28)/t18-,19-,21+,22-,23+,24+,25-,27+,28+,29-;14-,15+,16-,17-,18+,19+,20-,22+,23+,24-/m11/s1. The number of hydrogen-bond acceptors (Lipinski definition) is 7. The quantitative estimate of drug-likeness (QED) is 0.185. The number of carbonyl (C=O) groups excluding carboxylic acids is 2. The Kier molecular flexibility index (Phi) is 14.2. The molecule has 3 N–H and O–H groups in total. The second-order valence-electron chi connectivity index (χ2n) is 24.2. The van der Waals surface area contributed by atoms with E-state index in [1.807, 2.05) is 6.92 Å². The van der Waals surface area contributed by atoms with Crippen molar-refractivity contribution < 1.29 is 39.2 Å². The van der Waals surface area contributed by atoms with E-state index in [2.05, 4.69) is 48.5 Å². The average Bonchev–Trinajstić information content (AvgIpc) is 3.74. The highest BCUT2D eigenvalue weighted by atomic mass is 16.5. The summed E-state index contributed by atoms with van der Waals surface area (Å²) >= 11 is 0. The van der Waals surface area contributed by atoms with Gasteiger partial charge in [-0.05, 0) is 209 Å². The largest absolute Gasteiger partial charge is 0.481 e. The molecule has 0 aromatic carbocycles. The van der Waals surface area contributed by atoms with Crippen LogP contribution in [0.4, 0.5) is 0 Å². The number of ether oxygens (including phenoxy) is 2. The number of carboxylic acid groups (broad SMARTS) is 1. The zero-order valence-corrected chi connectivity index (χ0v) is 40.0. The maximum atomic E-state index is 12.2. The molecule has 8 heteroatoms. The number of carboxylic acids is 1. The molecular weight excluding hydrogens is 765 g/mol. The molecule has 0 saturated heterocycles. The predicted molar refractivity (Wildman–Crippen MR) is 239 cm³/mol. The second-order valence-corrected chi connectivity index (χ2v) is 24.2. The molecule has 0 aromatic rings. The van der Waals surface area contributed by atoms with Gasteiger partial charge in [-0.25, -0.2) is 0 Å². The molecule has 8 aliphatic carbocycles. The van der Waals surface area contributed by atoms with E-state index in [9.17, 15) is 24.6 Å². The van der Waals surface area contributed by atoms with Crippen LogP contribution in [0.3, 0.4) is 0 Å². The maximum absolute atomic E-state index is 12.2. The summed E-state index contributed by atoms with van der Waals surface area (Å²) in [6.45, 7) is 21.0. The van der Waals surface area contributed by atoms with Crippen molar-refractivity contribution in [2.75, 3.05) is 6.61 Å². The third kappa shape index (κ3) is 8.76. The first kappa shape index (κ1) is 47.3. The molecule has 8 aliphatic rings. The summed E-state index contributed by atoms with van der Waals surface area (Å²) in [6.07, 6.45) is 20.9. The molecule has 348 valence electrons. The van der Waals surface area contributed by atoms with E-state index < -0.39 is 5.97 Å². The monoisotopic (exact) mass is 853 g/mol. The van der Waals surface area contributed by atoms with Crippen LogP contribution in [0.5, 0.6) is 0 Å². The molecule has 0 radical (unpaired) electrons. The highest BCUT2D eigenvalue weighted by Gasteiger charge is 2.65. The average molecular weight is 853 g/mol. The topological polar surface area (TPSA) is 130 Å². The smallest absolute Gasteiger partial charge is 0.305 e. The van der Waals surface area contributed by atoms with Gasteiger partial charge in [-0.2, -0.15) is 0 Å². The number of hydrogen-bond donors (Lipinski definition) is 3. The zero-order valence-electron chi connectivity index (χ0n) is 40.0. The molecule has 0 amide bonds. The van der Waals surface area contributed by atoms with Gasteiger partial charge in [-0.1, -0.05) is 54.9 Å². The van der Waals surface area contributed by atoms with Gasteiger partial charge in [0.15, 0.2) is 0 Å². The van der Waals surface area contributed by atoms with Crippen LogP contribution >= 0.6 is 0 Å².